The van der Waals surface area contributed by atoms with E-state index in [0.717, 1.165) is 11.3 Å². The minimum Gasteiger partial charge on any atom is -0.118 e. The Morgan fingerprint density at radius 2 is 1.38 bits per heavy atom. The molecule has 0 saturated carbocycles. The van der Waals surface area contributed by atoms with Crippen molar-refractivity contribution in [2.75, 3.05) is 12.3 Å². The van der Waals surface area contributed by atoms with Crippen LogP contribution in [0.15, 0.2) is 0 Å². The van der Waals surface area contributed by atoms with Crippen LogP contribution >= 0.6 is 17.2 Å². The molecule has 0 spiro atoms. The minimum atomic E-state index is 1.06. The molecule has 0 aromatic rings. The first-order valence-corrected chi connectivity index (χ1v) is 5.82. The summed E-state index contributed by atoms with van der Waals surface area (Å²) in [7, 11) is 2.53. The van der Waals surface area contributed by atoms with Gasteiger partial charge in [-0.3, -0.25) is 0 Å². The second kappa shape index (κ2) is 3.14. The van der Waals surface area contributed by atoms with Gasteiger partial charge in [-0.25, -0.2) is 0 Å². The van der Waals surface area contributed by atoms with E-state index < -0.39 is 0 Å². The smallest absolute Gasteiger partial charge is 0.0228 e. The maximum absolute atomic E-state index is 2.39. The molecular weight excluding hydrogens is 134 g/mol. The fourth-order valence-corrected chi connectivity index (χ4v) is 4.27. The van der Waals surface area contributed by atoms with Gasteiger partial charge < -0.3 is 0 Å². The molecule has 0 aliphatic carbocycles. The molecule has 0 N–H and O–H groups in total. The van der Waals surface area contributed by atoms with E-state index in [1.165, 1.54) is 29.5 Å². The highest BCUT2D eigenvalue weighted by atomic mass is 31.1. The molecule has 0 amide bonds. The summed E-state index contributed by atoms with van der Waals surface area (Å²) in [6.07, 6.45) is 3.03. The van der Waals surface area contributed by atoms with Crippen LogP contribution < -0.4 is 0 Å². The zero-order valence-electron chi connectivity index (χ0n) is 5.57. The van der Waals surface area contributed by atoms with E-state index >= 15 is 0 Å². The van der Waals surface area contributed by atoms with E-state index in [0.29, 0.717) is 0 Å². The first kappa shape index (κ1) is 6.97. The standard InChI is InChI=1S/C6H14P2/c1-5-3-8-6(2)4-7-5/h5-8H,3-4H2,1-2H3. The van der Waals surface area contributed by atoms with E-state index in [9.17, 15) is 0 Å². The fourth-order valence-electron chi connectivity index (χ4n) is 0.900. The van der Waals surface area contributed by atoms with E-state index in [-0.39, 0.29) is 0 Å². The summed E-state index contributed by atoms with van der Waals surface area (Å²) in [4.78, 5) is 0. The molecule has 1 rings (SSSR count). The molecule has 1 heterocycles. The molecule has 0 aromatic carbocycles. The second-order valence-electron chi connectivity index (χ2n) is 2.62. The van der Waals surface area contributed by atoms with Gasteiger partial charge in [-0.05, 0) is 23.6 Å². The SMILES string of the molecule is CC1CPC(C)CP1. The molecule has 1 saturated heterocycles. The molecule has 48 valence electrons. The van der Waals surface area contributed by atoms with Gasteiger partial charge in [0.1, 0.15) is 0 Å². The first-order chi connectivity index (χ1) is 3.79. The van der Waals surface area contributed by atoms with Crippen molar-refractivity contribution >= 4 is 17.2 Å². The Kier molecular flexibility index (Phi) is 2.73. The Bertz CT molecular complexity index is 54.9. The van der Waals surface area contributed by atoms with Crippen LogP contribution in [0.25, 0.3) is 0 Å². The third-order valence-corrected chi connectivity index (χ3v) is 5.86. The van der Waals surface area contributed by atoms with Crippen molar-refractivity contribution in [3.8, 4) is 0 Å². The Balaban J connectivity index is 2.19. The van der Waals surface area contributed by atoms with E-state index in [4.69, 9.17) is 0 Å². The van der Waals surface area contributed by atoms with Crippen LogP contribution in [0.4, 0.5) is 0 Å². The molecule has 0 bridgehead atoms. The molecule has 1 aliphatic heterocycles. The molecular formula is C6H14P2. The molecule has 4 atom stereocenters. The zero-order chi connectivity index (χ0) is 5.98. The third kappa shape index (κ3) is 2.00. The third-order valence-electron chi connectivity index (χ3n) is 1.54. The van der Waals surface area contributed by atoms with E-state index in [1.54, 1.807) is 0 Å². The molecule has 0 radical (unpaired) electrons. The first-order valence-electron chi connectivity index (χ1n) is 3.26. The second-order valence-corrected chi connectivity index (χ2v) is 6.22. The van der Waals surface area contributed by atoms with Gasteiger partial charge in [0.15, 0.2) is 0 Å². The maximum Gasteiger partial charge on any atom is -0.0228 e. The lowest BCUT2D eigenvalue weighted by Gasteiger charge is -2.22. The van der Waals surface area contributed by atoms with Crippen LogP contribution in [0.3, 0.4) is 0 Å². The van der Waals surface area contributed by atoms with Crippen LogP contribution in [0, 0.1) is 0 Å². The topological polar surface area (TPSA) is 0 Å². The summed E-state index contributed by atoms with van der Waals surface area (Å²) in [6, 6.07) is 0. The highest BCUT2D eigenvalue weighted by molar-refractivity contribution is 7.47. The summed E-state index contributed by atoms with van der Waals surface area (Å²) in [5.41, 5.74) is 2.12. The van der Waals surface area contributed by atoms with Crippen LogP contribution in [-0.4, -0.2) is 23.6 Å². The predicted octanol–water partition coefficient (Wildman–Crippen LogP) is 2.13. The van der Waals surface area contributed by atoms with Crippen LogP contribution in [0.2, 0.25) is 0 Å². The maximum atomic E-state index is 2.39. The van der Waals surface area contributed by atoms with Gasteiger partial charge in [0, 0.05) is 0 Å². The van der Waals surface area contributed by atoms with Crippen molar-refractivity contribution in [3.63, 3.8) is 0 Å². The number of hydrogen-bond donors (Lipinski definition) is 0. The highest BCUT2D eigenvalue weighted by Gasteiger charge is 2.12. The van der Waals surface area contributed by atoms with Gasteiger partial charge in [-0.15, -0.1) is 17.2 Å². The van der Waals surface area contributed by atoms with Crippen molar-refractivity contribution in [2.24, 2.45) is 0 Å². The van der Waals surface area contributed by atoms with E-state index in [1.807, 2.05) is 0 Å². The number of hydrogen-bond acceptors (Lipinski definition) is 0. The van der Waals surface area contributed by atoms with Gasteiger partial charge >= 0.3 is 0 Å². The Morgan fingerprint density at radius 3 is 1.62 bits per heavy atom. The van der Waals surface area contributed by atoms with Crippen molar-refractivity contribution in [1.29, 1.82) is 0 Å². The molecule has 0 aromatic heterocycles. The molecule has 4 unspecified atom stereocenters. The average Bonchev–Trinajstić information content (AvgIpc) is 1.77. The quantitative estimate of drug-likeness (QED) is 0.461. The predicted molar refractivity (Wildman–Crippen MR) is 45.3 cm³/mol. The van der Waals surface area contributed by atoms with Crippen molar-refractivity contribution in [1.82, 2.24) is 0 Å². The Morgan fingerprint density at radius 1 is 1.00 bits per heavy atom. The average molecular weight is 148 g/mol. The lowest BCUT2D eigenvalue weighted by molar-refractivity contribution is 1.02. The highest BCUT2D eigenvalue weighted by Crippen LogP contribution is 2.37. The van der Waals surface area contributed by atoms with Gasteiger partial charge in [-0.2, -0.15) is 0 Å². The molecule has 1 fully saturated rings. The minimum absolute atomic E-state index is 1.06. The monoisotopic (exact) mass is 148 g/mol. The van der Waals surface area contributed by atoms with Gasteiger partial charge in [0.05, 0.1) is 0 Å². The summed E-state index contributed by atoms with van der Waals surface area (Å²) in [5.74, 6) is 0. The lowest BCUT2D eigenvalue weighted by atomic mass is 10.5. The number of rotatable bonds is 0. The fraction of sp³-hybridized carbons (Fsp3) is 1.00. The normalized spacial score (nSPS) is 45.8. The Hall–Kier alpha value is 0.860. The molecule has 8 heavy (non-hydrogen) atoms. The summed E-state index contributed by atoms with van der Waals surface area (Å²) >= 11 is 0. The lowest BCUT2D eigenvalue weighted by Crippen LogP contribution is -2.11. The van der Waals surface area contributed by atoms with Gasteiger partial charge in [0.25, 0.3) is 0 Å². The van der Waals surface area contributed by atoms with Crippen LogP contribution in [-0.2, 0) is 0 Å². The van der Waals surface area contributed by atoms with Gasteiger partial charge in [-0.1, -0.05) is 13.8 Å². The van der Waals surface area contributed by atoms with Crippen molar-refractivity contribution < 1.29 is 0 Å². The zero-order valence-corrected chi connectivity index (χ0v) is 7.57. The van der Waals surface area contributed by atoms with Crippen molar-refractivity contribution in [3.05, 3.63) is 0 Å². The Labute approximate surface area is 55.4 Å². The molecule has 0 nitrogen and oxygen atoms in total. The summed E-state index contributed by atoms with van der Waals surface area (Å²) in [6.45, 7) is 4.77. The van der Waals surface area contributed by atoms with Crippen LogP contribution in [0.1, 0.15) is 13.8 Å². The van der Waals surface area contributed by atoms with Crippen LogP contribution in [0.5, 0.6) is 0 Å². The van der Waals surface area contributed by atoms with Crippen molar-refractivity contribution in [2.45, 2.75) is 25.2 Å². The molecule has 1 aliphatic rings. The summed E-state index contributed by atoms with van der Waals surface area (Å²) < 4.78 is 0. The molecule has 2 heteroatoms. The van der Waals surface area contributed by atoms with E-state index in [2.05, 4.69) is 13.8 Å². The van der Waals surface area contributed by atoms with Gasteiger partial charge in [0.2, 0.25) is 0 Å². The summed E-state index contributed by atoms with van der Waals surface area (Å²) in [5, 5.41) is 0. The largest absolute Gasteiger partial charge is 0.118 e.